The van der Waals surface area contributed by atoms with Gasteiger partial charge in [0.2, 0.25) is 0 Å². The number of esters is 1. The fraction of sp³-hybridized carbons (Fsp3) is 0.774. The van der Waals surface area contributed by atoms with Crippen molar-refractivity contribution in [2.45, 2.75) is 109 Å². The Balaban J connectivity index is 1.24. The monoisotopic (exact) mass is 516 g/mol. The molecule has 2 heterocycles. The van der Waals surface area contributed by atoms with Crippen LogP contribution in [0, 0.1) is 17.8 Å². The molecule has 2 aliphatic carbocycles. The number of carbonyl (C=O) groups excluding carboxylic acids is 1. The van der Waals surface area contributed by atoms with E-state index in [1.54, 1.807) is 0 Å². The highest BCUT2D eigenvalue weighted by Crippen LogP contribution is 2.50. The van der Waals surface area contributed by atoms with Crippen LogP contribution in [0.4, 0.5) is 0 Å². The van der Waals surface area contributed by atoms with Crippen molar-refractivity contribution in [3.63, 3.8) is 0 Å². The molecule has 208 valence electrons. The van der Waals surface area contributed by atoms with E-state index in [1.165, 1.54) is 45.6 Å². The van der Waals surface area contributed by atoms with Crippen molar-refractivity contribution < 1.29 is 28.5 Å². The van der Waals surface area contributed by atoms with Crippen LogP contribution in [0.2, 0.25) is 0 Å². The highest BCUT2D eigenvalue weighted by molar-refractivity contribution is 5.93. The number of carbonyl (C=O) groups is 1. The van der Waals surface area contributed by atoms with E-state index in [1.807, 2.05) is 13.0 Å². The van der Waals surface area contributed by atoms with Crippen LogP contribution in [-0.2, 0) is 28.5 Å². The predicted molar refractivity (Wildman–Crippen MR) is 144 cm³/mol. The summed E-state index contributed by atoms with van der Waals surface area (Å²) in [5.41, 5.74) is 1.85. The molecule has 6 heteroatoms. The van der Waals surface area contributed by atoms with Gasteiger partial charge in [0.1, 0.15) is 0 Å². The van der Waals surface area contributed by atoms with Gasteiger partial charge >= 0.3 is 5.97 Å². The van der Waals surface area contributed by atoms with E-state index < -0.39 is 0 Å². The minimum Gasteiger partial charge on any atom is -0.465 e. The van der Waals surface area contributed by atoms with Crippen molar-refractivity contribution in [2.24, 2.45) is 17.8 Å². The minimum absolute atomic E-state index is 0.0307. The van der Waals surface area contributed by atoms with Gasteiger partial charge in [0.15, 0.2) is 12.6 Å². The average Bonchev–Trinajstić information content (AvgIpc) is 3.47. The molecule has 6 atom stereocenters. The first-order valence-corrected chi connectivity index (χ1v) is 14.8. The molecule has 2 aliphatic heterocycles. The molecule has 0 spiro atoms. The maximum absolute atomic E-state index is 12.3. The number of methoxy groups -OCH3 is 1. The molecule has 1 saturated carbocycles. The van der Waals surface area contributed by atoms with Crippen LogP contribution in [0.3, 0.4) is 0 Å². The second kappa shape index (κ2) is 15.2. The first-order chi connectivity index (χ1) is 18.2. The third-order valence-corrected chi connectivity index (χ3v) is 8.42. The lowest BCUT2D eigenvalue weighted by Gasteiger charge is -2.29. The van der Waals surface area contributed by atoms with E-state index in [0.717, 1.165) is 70.3 Å². The Morgan fingerprint density at radius 2 is 1.78 bits per heavy atom. The van der Waals surface area contributed by atoms with E-state index in [0.29, 0.717) is 23.3 Å². The fourth-order valence-corrected chi connectivity index (χ4v) is 6.42. The highest BCUT2D eigenvalue weighted by Gasteiger charge is 2.46. The first-order valence-electron chi connectivity index (χ1n) is 14.8. The molecule has 6 nitrogen and oxygen atoms in total. The topological polar surface area (TPSA) is 63.2 Å². The van der Waals surface area contributed by atoms with Crippen molar-refractivity contribution in [1.29, 1.82) is 0 Å². The van der Waals surface area contributed by atoms with Gasteiger partial charge in [-0.1, -0.05) is 37.1 Å². The lowest BCUT2D eigenvalue weighted by molar-refractivity contribution is -0.192. The van der Waals surface area contributed by atoms with Gasteiger partial charge in [-0.15, -0.1) is 0 Å². The number of hydrogen-bond acceptors (Lipinski definition) is 6. The number of fused-ring (bicyclic) bond motifs is 1. The Hall–Kier alpha value is -1.47. The molecule has 4 aliphatic rings. The molecular weight excluding hydrogens is 468 g/mol. The number of allylic oxidation sites excluding steroid dienone is 3. The molecule has 0 amide bonds. The number of ether oxygens (including phenoxy) is 5. The van der Waals surface area contributed by atoms with E-state index in [-0.39, 0.29) is 24.7 Å². The SMILES string of the molecule is CC=C(C(=O)OC)C1=CC2C[C@H](OC3CCCCO3)[C@@H](C=CCCCCCCOC3CCCCO3)C2C1. The Morgan fingerprint density at radius 3 is 2.49 bits per heavy atom. The molecule has 0 aromatic rings. The van der Waals surface area contributed by atoms with Gasteiger partial charge in [-0.25, -0.2) is 4.79 Å². The summed E-state index contributed by atoms with van der Waals surface area (Å²) < 4.78 is 29.0. The molecule has 37 heavy (non-hydrogen) atoms. The van der Waals surface area contributed by atoms with E-state index >= 15 is 0 Å². The molecule has 2 saturated heterocycles. The average molecular weight is 517 g/mol. The van der Waals surface area contributed by atoms with Crippen LogP contribution in [0.25, 0.3) is 0 Å². The second-order valence-corrected chi connectivity index (χ2v) is 11.0. The van der Waals surface area contributed by atoms with Crippen molar-refractivity contribution in [3.8, 4) is 0 Å². The molecule has 0 bridgehead atoms. The van der Waals surface area contributed by atoms with Crippen molar-refractivity contribution in [2.75, 3.05) is 26.9 Å². The molecule has 3 fully saturated rings. The normalized spacial score (nSPS) is 32.5. The highest BCUT2D eigenvalue weighted by atomic mass is 16.7. The Bertz CT molecular complexity index is 790. The largest absolute Gasteiger partial charge is 0.465 e. The zero-order valence-electron chi connectivity index (χ0n) is 23.0. The standard InChI is InChI=1S/C31H48O6/c1-3-25(31(32)33-2)23-20-24-22-28(37-30-16-10-13-19-36-30)26(27(24)21-23)14-8-6-4-5-7-11-17-34-29-15-9-12-18-35-29/h3,8,14,20,24,26-30H,4-7,9-13,15-19,21-22H2,1-2H3/t24?,26-,27?,28-,29?,30?/m0/s1. The number of unbranched alkanes of at least 4 members (excludes halogenated alkanes) is 4. The molecule has 4 unspecified atom stereocenters. The molecule has 4 rings (SSSR count). The van der Waals surface area contributed by atoms with Crippen LogP contribution in [0.1, 0.15) is 90.4 Å². The van der Waals surface area contributed by atoms with Crippen LogP contribution in [0.5, 0.6) is 0 Å². The Labute approximate surface area is 223 Å². The van der Waals surface area contributed by atoms with Crippen molar-refractivity contribution in [3.05, 3.63) is 35.5 Å². The van der Waals surface area contributed by atoms with Gasteiger partial charge in [0, 0.05) is 25.7 Å². The minimum atomic E-state index is -0.235. The number of rotatable bonds is 13. The van der Waals surface area contributed by atoms with Gasteiger partial charge in [0.25, 0.3) is 0 Å². The summed E-state index contributed by atoms with van der Waals surface area (Å²) in [7, 11) is 1.46. The van der Waals surface area contributed by atoms with E-state index in [9.17, 15) is 4.79 Å². The smallest absolute Gasteiger partial charge is 0.337 e. The first kappa shape index (κ1) is 28.5. The number of hydrogen-bond donors (Lipinski definition) is 0. The predicted octanol–water partition coefficient (Wildman–Crippen LogP) is 6.65. The van der Waals surface area contributed by atoms with Crippen LogP contribution >= 0.6 is 0 Å². The van der Waals surface area contributed by atoms with Gasteiger partial charge in [-0.3, -0.25) is 0 Å². The summed E-state index contributed by atoms with van der Waals surface area (Å²) in [6.45, 7) is 4.37. The zero-order chi connectivity index (χ0) is 25.9. The van der Waals surface area contributed by atoms with E-state index in [4.69, 9.17) is 23.7 Å². The molecule has 0 radical (unpaired) electrons. The Morgan fingerprint density at radius 1 is 1.03 bits per heavy atom. The molecule has 0 aromatic carbocycles. The summed E-state index contributed by atoms with van der Waals surface area (Å²) in [5.74, 6) is 1.02. The lowest BCUT2D eigenvalue weighted by Crippen LogP contribution is -2.30. The summed E-state index contributed by atoms with van der Waals surface area (Å²) in [4.78, 5) is 12.3. The molecular formula is C31H48O6. The van der Waals surface area contributed by atoms with Crippen LogP contribution in [-0.4, -0.2) is 51.6 Å². The lowest BCUT2D eigenvalue weighted by atomic mass is 9.88. The quantitative estimate of drug-likeness (QED) is 0.118. The van der Waals surface area contributed by atoms with E-state index in [2.05, 4.69) is 18.2 Å². The maximum atomic E-state index is 12.3. The fourth-order valence-electron chi connectivity index (χ4n) is 6.42. The van der Waals surface area contributed by atoms with Crippen molar-refractivity contribution in [1.82, 2.24) is 0 Å². The van der Waals surface area contributed by atoms with Gasteiger partial charge in [0.05, 0.1) is 18.8 Å². The summed E-state index contributed by atoms with van der Waals surface area (Å²) in [6.07, 6.45) is 23.6. The summed E-state index contributed by atoms with van der Waals surface area (Å²) >= 11 is 0. The third-order valence-electron chi connectivity index (χ3n) is 8.42. The summed E-state index contributed by atoms with van der Waals surface area (Å²) in [5, 5.41) is 0. The zero-order valence-corrected chi connectivity index (χ0v) is 23.0. The summed E-state index contributed by atoms with van der Waals surface area (Å²) in [6, 6.07) is 0. The second-order valence-electron chi connectivity index (χ2n) is 11.0. The molecule has 0 aromatic heterocycles. The van der Waals surface area contributed by atoms with Crippen molar-refractivity contribution >= 4 is 5.97 Å². The van der Waals surface area contributed by atoms with Gasteiger partial charge in [-0.05, 0) is 95.0 Å². The van der Waals surface area contributed by atoms with Crippen LogP contribution < -0.4 is 0 Å². The molecule has 0 N–H and O–H groups in total. The van der Waals surface area contributed by atoms with Crippen LogP contribution in [0.15, 0.2) is 35.5 Å². The maximum Gasteiger partial charge on any atom is 0.337 e. The third kappa shape index (κ3) is 8.26. The van der Waals surface area contributed by atoms with Gasteiger partial charge in [-0.2, -0.15) is 0 Å². The van der Waals surface area contributed by atoms with Gasteiger partial charge < -0.3 is 23.7 Å². The Kier molecular flexibility index (Phi) is 11.7.